The van der Waals surface area contributed by atoms with Crippen LogP contribution < -0.4 is 0 Å². The number of Topliss-reactive ketones (excluding diaryl/α,β-unsaturated/α-hetero) is 1. The first-order valence-electron chi connectivity index (χ1n) is 7.01. The number of rotatable bonds is 7. The van der Waals surface area contributed by atoms with Gasteiger partial charge in [0.2, 0.25) is 0 Å². The summed E-state index contributed by atoms with van der Waals surface area (Å²) in [5, 5.41) is 0. The minimum absolute atomic E-state index is 0.165. The highest BCUT2D eigenvalue weighted by Gasteiger charge is 2.11. The molecule has 1 aromatic carbocycles. The summed E-state index contributed by atoms with van der Waals surface area (Å²) in [6, 6.07) is 11.8. The number of carbonyl (C=O) groups is 1. The molecule has 0 bridgehead atoms. The number of nitrogens with zero attached hydrogens (tertiary/aromatic N) is 2. The Morgan fingerprint density at radius 2 is 1.81 bits per heavy atom. The van der Waals surface area contributed by atoms with Crippen LogP contribution in [0.4, 0.5) is 0 Å². The van der Waals surface area contributed by atoms with Crippen LogP contribution in [-0.4, -0.2) is 35.0 Å². The topological polar surface area (TPSA) is 33.2 Å². The molecule has 0 N–H and O–H groups in total. The van der Waals surface area contributed by atoms with E-state index in [0.29, 0.717) is 6.54 Å². The second-order valence-corrected chi connectivity index (χ2v) is 5.69. The predicted octanol–water partition coefficient (Wildman–Crippen LogP) is 3.51. The van der Waals surface area contributed by atoms with E-state index in [1.54, 1.807) is 24.2 Å². The summed E-state index contributed by atoms with van der Waals surface area (Å²) >= 11 is 1.68. The first-order valence-corrected chi connectivity index (χ1v) is 8.24. The fraction of sp³-hybridized carbons (Fsp3) is 0.294. The molecule has 0 aliphatic carbocycles. The van der Waals surface area contributed by atoms with Crippen molar-refractivity contribution in [3.05, 3.63) is 59.9 Å². The minimum Gasteiger partial charge on any atom is -0.293 e. The average Bonchev–Trinajstić information content (AvgIpc) is 2.55. The highest BCUT2D eigenvalue weighted by molar-refractivity contribution is 7.98. The van der Waals surface area contributed by atoms with Crippen LogP contribution in [0.25, 0.3) is 0 Å². The average molecular weight is 300 g/mol. The van der Waals surface area contributed by atoms with E-state index >= 15 is 0 Å². The van der Waals surface area contributed by atoms with Gasteiger partial charge < -0.3 is 0 Å². The SMILES string of the molecule is CCN(CC(=O)c1ccc(SC)cc1)Cc1ccncc1. The summed E-state index contributed by atoms with van der Waals surface area (Å²) in [4.78, 5) is 19.7. The summed E-state index contributed by atoms with van der Waals surface area (Å²) < 4.78 is 0. The zero-order valence-electron chi connectivity index (χ0n) is 12.5. The molecule has 0 amide bonds. The molecule has 2 aromatic rings. The highest BCUT2D eigenvalue weighted by Crippen LogP contribution is 2.15. The van der Waals surface area contributed by atoms with Crippen LogP contribution in [0.3, 0.4) is 0 Å². The molecule has 3 nitrogen and oxygen atoms in total. The fourth-order valence-corrected chi connectivity index (χ4v) is 2.51. The smallest absolute Gasteiger partial charge is 0.176 e. The molecular weight excluding hydrogens is 280 g/mol. The van der Waals surface area contributed by atoms with Crippen LogP contribution in [0.1, 0.15) is 22.8 Å². The van der Waals surface area contributed by atoms with E-state index in [4.69, 9.17) is 0 Å². The minimum atomic E-state index is 0.165. The molecule has 0 aliphatic rings. The van der Waals surface area contributed by atoms with Crippen LogP contribution in [-0.2, 0) is 6.54 Å². The third kappa shape index (κ3) is 4.69. The van der Waals surface area contributed by atoms with E-state index < -0.39 is 0 Å². The van der Waals surface area contributed by atoms with Crippen molar-refractivity contribution in [2.75, 3.05) is 19.3 Å². The summed E-state index contributed by atoms with van der Waals surface area (Å²) in [6.45, 7) is 4.13. The molecule has 21 heavy (non-hydrogen) atoms. The number of benzene rings is 1. The van der Waals surface area contributed by atoms with Gasteiger partial charge in [0, 0.05) is 29.4 Å². The molecule has 0 spiro atoms. The number of pyridine rings is 1. The molecule has 0 saturated carbocycles. The van der Waals surface area contributed by atoms with Gasteiger partial charge in [-0.25, -0.2) is 0 Å². The maximum Gasteiger partial charge on any atom is 0.176 e. The third-order valence-corrected chi connectivity index (χ3v) is 4.13. The molecule has 110 valence electrons. The lowest BCUT2D eigenvalue weighted by atomic mass is 10.1. The van der Waals surface area contributed by atoms with Gasteiger partial charge in [0.25, 0.3) is 0 Å². The number of likely N-dealkylation sites (N-methyl/N-ethyl adjacent to an activating group) is 1. The first kappa shape index (κ1) is 15.7. The summed E-state index contributed by atoms with van der Waals surface area (Å²) in [5.74, 6) is 0.165. The number of ketones is 1. The number of hydrogen-bond acceptors (Lipinski definition) is 4. The second kappa shape index (κ2) is 7.96. The molecule has 1 heterocycles. The van der Waals surface area contributed by atoms with Crippen LogP contribution in [0.2, 0.25) is 0 Å². The Kier molecular flexibility index (Phi) is 5.96. The summed E-state index contributed by atoms with van der Waals surface area (Å²) in [7, 11) is 0. The van der Waals surface area contributed by atoms with Gasteiger partial charge in [-0.05, 0) is 42.6 Å². The Hall–Kier alpha value is -1.65. The van der Waals surface area contributed by atoms with E-state index in [1.807, 2.05) is 42.7 Å². The Morgan fingerprint density at radius 3 is 2.38 bits per heavy atom. The van der Waals surface area contributed by atoms with Gasteiger partial charge in [0.05, 0.1) is 6.54 Å². The van der Waals surface area contributed by atoms with Gasteiger partial charge in [0.1, 0.15) is 0 Å². The monoisotopic (exact) mass is 300 g/mol. The van der Waals surface area contributed by atoms with Gasteiger partial charge in [-0.15, -0.1) is 11.8 Å². The van der Waals surface area contributed by atoms with Crippen molar-refractivity contribution in [1.82, 2.24) is 9.88 Å². The molecule has 0 unspecified atom stereocenters. The van der Waals surface area contributed by atoms with Crippen molar-refractivity contribution >= 4 is 17.5 Å². The fourth-order valence-electron chi connectivity index (χ4n) is 2.10. The molecule has 0 saturated heterocycles. The maximum absolute atomic E-state index is 12.3. The van der Waals surface area contributed by atoms with Gasteiger partial charge >= 0.3 is 0 Å². The molecule has 0 aliphatic heterocycles. The van der Waals surface area contributed by atoms with Gasteiger partial charge in [-0.1, -0.05) is 19.1 Å². The molecular formula is C17H20N2OS. The Morgan fingerprint density at radius 1 is 1.14 bits per heavy atom. The standard InChI is InChI=1S/C17H20N2OS/c1-3-19(12-14-8-10-18-11-9-14)13-17(20)15-4-6-16(21-2)7-5-15/h4-11H,3,12-13H2,1-2H3. The van der Waals surface area contributed by atoms with E-state index in [2.05, 4.69) is 16.8 Å². The number of hydrogen-bond donors (Lipinski definition) is 0. The predicted molar refractivity (Wildman–Crippen MR) is 87.7 cm³/mol. The van der Waals surface area contributed by atoms with Crippen LogP contribution in [0.5, 0.6) is 0 Å². The van der Waals surface area contributed by atoms with Crippen molar-refractivity contribution in [1.29, 1.82) is 0 Å². The number of carbonyl (C=O) groups excluding carboxylic acids is 1. The second-order valence-electron chi connectivity index (χ2n) is 4.81. The zero-order chi connectivity index (χ0) is 15.1. The molecule has 0 atom stereocenters. The lowest BCUT2D eigenvalue weighted by Gasteiger charge is -2.19. The van der Waals surface area contributed by atoms with Gasteiger partial charge in [0.15, 0.2) is 5.78 Å². The van der Waals surface area contributed by atoms with Crippen LogP contribution >= 0.6 is 11.8 Å². The Balaban J connectivity index is 1.98. The zero-order valence-corrected chi connectivity index (χ0v) is 13.3. The van der Waals surface area contributed by atoms with E-state index in [1.165, 1.54) is 10.5 Å². The van der Waals surface area contributed by atoms with Crippen molar-refractivity contribution < 1.29 is 4.79 Å². The lowest BCUT2D eigenvalue weighted by molar-refractivity contribution is 0.0929. The summed E-state index contributed by atoms with van der Waals surface area (Å²) in [5.41, 5.74) is 1.96. The highest BCUT2D eigenvalue weighted by atomic mass is 32.2. The van der Waals surface area contributed by atoms with Crippen molar-refractivity contribution in [3.63, 3.8) is 0 Å². The Bertz CT molecular complexity index is 569. The van der Waals surface area contributed by atoms with Gasteiger partial charge in [-0.2, -0.15) is 0 Å². The number of thioether (sulfide) groups is 1. The molecule has 4 heteroatoms. The molecule has 1 aromatic heterocycles. The molecule has 0 radical (unpaired) electrons. The van der Waals surface area contributed by atoms with Crippen molar-refractivity contribution in [2.45, 2.75) is 18.4 Å². The summed E-state index contributed by atoms with van der Waals surface area (Å²) in [6.07, 6.45) is 5.60. The first-order chi connectivity index (χ1) is 10.2. The Labute approximate surface area is 130 Å². The molecule has 2 rings (SSSR count). The largest absolute Gasteiger partial charge is 0.293 e. The van der Waals surface area contributed by atoms with Gasteiger partial charge in [-0.3, -0.25) is 14.7 Å². The lowest BCUT2D eigenvalue weighted by Crippen LogP contribution is -2.29. The van der Waals surface area contributed by atoms with E-state index in [-0.39, 0.29) is 5.78 Å². The van der Waals surface area contributed by atoms with E-state index in [9.17, 15) is 4.79 Å². The number of aromatic nitrogens is 1. The quantitative estimate of drug-likeness (QED) is 0.579. The third-order valence-electron chi connectivity index (χ3n) is 3.38. The van der Waals surface area contributed by atoms with E-state index in [0.717, 1.165) is 18.7 Å². The van der Waals surface area contributed by atoms with Crippen molar-refractivity contribution in [3.8, 4) is 0 Å². The van der Waals surface area contributed by atoms with Crippen molar-refractivity contribution in [2.24, 2.45) is 0 Å². The van der Waals surface area contributed by atoms with Crippen LogP contribution in [0, 0.1) is 0 Å². The molecule has 0 fully saturated rings. The van der Waals surface area contributed by atoms with Crippen LogP contribution in [0.15, 0.2) is 53.7 Å². The normalized spacial score (nSPS) is 10.8. The maximum atomic E-state index is 12.3.